The average Bonchev–Trinajstić information content (AvgIpc) is 3.15. The van der Waals surface area contributed by atoms with E-state index in [1.165, 1.54) is 30.8 Å². The molecule has 2 aromatic rings. The van der Waals surface area contributed by atoms with Crippen molar-refractivity contribution in [2.45, 2.75) is 11.4 Å². The summed E-state index contributed by atoms with van der Waals surface area (Å²) in [4.78, 5) is 16.9. The standard InChI is InChI=1S/C17H20ClN3O3S2/c1-19-26(23,24)14-2-3-16(18)15(10-14)17(22)21-7-5-20(6-8-21)11-13-4-9-25-12-13/h2-4,9-10,12,19H,5-8,11H2,1H3. The van der Waals surface area contributed by atoms with E-state index in [-0.39, 0.29) is 21.4 Å². The van der Waals surface area contributed by atoms with Crippen molar-refractivity contribution in [1.82, 2.24) is 14.5 Å². The zero-order valence-electron chi connectivity index (χ0n) is 14.3. The highest BCUT2D eigenvalue weighted by Crippen LogP contribution is 2.23. The number of sulfonamides is 1. The summed E-state index contributed by atoms with van der Waals surface area (Å²) in [6, 6.07) is 6.29. The molecule has 0 atom stereocenters. The van der Waals surface area contributed by atoms with Crippen LogP contribution < -0.4 is 4.72 Å². The van der Waals surface area contributed by atoms with Crippen molar-refractivity contribution in [1.29, 1.82) is 0 Å². The Morgan fingerprint density at radius 3 is 2.58 bits per heavy atom. The molecule has 1 N–H and O–H groups in total. The fraction of sp³-hybridized carbons (Fsp3) is 0.353. The van der Waals surface area contributed by atoms with E-state index in [9.17, 15) is 13.2 Å². The largest absolute Gasteiger partial charge is 0.336 e. The third kappa shape index (κ3) is 4.27. The van der Waals surface area contributed by atoms with Crippen LogP contribution in [0.25, 0.3) is 0 Å². The molecule has 1 aliphatic rings. The lowest BCUT2D eigenvalue weighted by atomic mass is 10.1. The van der Waals surface area contributed by atoms with Crippen LogP contribution in [0, 0.1) is 0 Å². The van der Waals surface area contributed by atoms with Gasteiger partial charge in [0.1, 0.15) is 0 Å². The Morgan fingerprint density at radius 1 is 1.23 bits per heavy atom. The van der Waals surface area contributed by atoms with E-state index in [4.69, 9.17) is 11.6 Å². The summed E-state index contributed by atoms with van der Waals surface area (Å²) in [5.74, 6) is -0.238. The Labute approximate surface area is 162 Å². The number of benzene rings is 1. The first-order chi connectivity index (χ1) is 12.4. The topological polar surface area (TPSA) is 69.7 Å². The van der Waals surface area contributed by atoms with Gasteiger partial charge in [-0.1, -0.05) is 11.6 Å². The number of rotatable bonds is 5. The molecule has 1 amide bonds. The highest BCUT2D eigenvalue weighted by molar-refractivity contribution is 7.89. The second-order valence-electron chi connectivity index (χ2n) is 6.05. The van der Waals surface area contributed by atoms with Gasteiger partial charge in [0.25, 0.3) is 5.91 Å². The molecular weight excluding hydrogens is 394 g/mol. The Balaban J connectivity index is 1.69. The number of nitrogens with one attached hydrogen (secondary N) is 1. The Kier molecular flexibility index (Phi) is 5.99. The first kappa shape index (κ1) is 19.3. The molecule has 3 rings (SSSR count). The normalized spacial score (nSPS) is 16.0. The van der Waals surface area contributed by atoms with Crippen LogP contribution in [0.1, 0.15) is 15.9 Å². The molecule has 0 spiro atoms. The third-order valence-electron chi connectivity index (χ3n) is 4.39. The van der Waals surface area contributed by atoms with Crippen LogP contribution >= 0.6 is 22.9 Å². The van der Waals surface area contributed by atoms with E-state index in [0.29, 0.717) is 13.1 Å². The second kappa shape index (κ2) is 8.06. The van der Waals surface area contributed by atoms with E-state index in [0.717, 1.165) is 19.6 Å². The van der Waals surface area contributed by atoms with Gasteiger partial charge in [-0.05, 0) is 47.6 Å². The average molecular weight is 414 g/mol. The fourth-order valence-corrected chi connectivity index (χ4v) is 4.49. The molecule has 1 aliphatic heterocycles. The maximum Gasteiger partial charge on any atom is 0.255 e. The van der Waals surface area contributed by atoms with Gasteiger partial charge in [-0.2, -0.15) is 11.3 Å². The molecule has 1 saturated heterocycles. The van der Waals surface area contributed by atoms with Gasteiger partial charge in [0.05, 0.1) is 15.5 Å². The maximum atomic E-state index is 12.8. The molecule has 0 unspecified atom stereocenters. The molecule has 2 heterocycles. The second-order valence-corrected chi connectivity index (χ2v) is 9.12. The van der Waals surface area contributed by atoms with E-state index in [1.807, 2.05) is 0 Å². The quantitative estimate of drug-likeness (QED) is 0.816. The van der Waals surface area contributed by atoms with Crippen LogP contribution in [0.5, 0.6) is 0 Å². The van der Waals surface area contributed by atoms with E-state index in [2.05, 4.69) is 26.4 Å². The van der Waals surface area contributed by atoms with Gasteiger partial charge >= 0.3 is 0 Å². The zero-order valence-corrected chi connectivity index (χ0v) is 16.7. The van der Waals surface area contributed by atoms with Gasteiger partial charge in [0.2, 0.25) is 10.0 Å². The van der Waals surface area contributed by atoms with Crippen molar-refractivity contribution in [3.05, 3.63) is 51.2 Å². The summed E-state index contributed by atoms with van der Waals surface area (Å²) in [5, 5.41) is 4.44. The molecule has 9 heteroatoms. The lowest BCUT2D eigenvalue weighted by molar-refractivity contribution is 0.0628. The van der Waals surface area contributed by atoms with Crippen molar-refractivity contribution >= 4 is 38.9 Å². The molecule has 140 valence electrons. The lowest BCUT2D eigenvalue weighted by Crippen LogP contribution is -2.48. The highest BCUT2D eigenvalue weighted by atomic mass is 35.5. The Bertz CT molecular complexity index is 877. The van der Waals surface area contributed by atoms with Crippen LogP contribution in [-0.2, 0) is 16.6 Å². The summed E-state index contributed by atoms with van der Waals surface area (Å²) in [6.07, 6.45) is 0. The number of hydrogen-bond acceptors (Lipinski definition) is 5. The summed E-state index contributed by atoms with van der Waals surface area (Å²) in [6.45, 7) is 3.59. The van der Waals surface area contributed by atoms with Crippen molar-refractivity contribution < 1.29 is 13.2 Å². The third-order valence-corrected chi connectivity index (χ3v) is 6.87. The van der Waals surface area contributed by atoms with Gasteiger partial charge in [0.15, 0.2) is 0 Å². The van der Waals surface area contributed by atoms with E-state index < -0.39 is 10.0 Å². The van der Waals surface area contributed by atoms with Crippen molar-refractivity contribution in [2.75, 3.05) is 33.2 Å². The van der Waals surface area contributed by atoms with Crippen molar-refractivity contribution in [3.8, 4) is 0 Å². The van der Waals surface area contributed by atoms with Gasteiger partial charge in [-0.3, -0.25) is 9.69 Å². The van der Waals surface area contributed by atoms with Crippen LogP contribution in [0.2, 0.25) is 5.02 Å². The molecule has 0 bridgehead atoms. The summed E-state index contributed by atoms with van der Waals surface area (Å²) in [7, 11) is -2.29. The number of amides is 1. The minimum Gasteiger partial charge on any atom is -0.336 e. The predicted octanol–water partition coefficient (Wildman–Crippen LogP) is 2.27. The number of hydrogen-bond donors (Lipinski definition) is 1. The van der Waals surface area contributed by atoms with Gasteiger partial charge < -0.3 is 4.90 Å². The molecule has 1 aromatic carbocycles. The summed E-state index contributed by atoms with van der Waals surface area (Å²) < 4.78 is 26.2. The smallest absolute Gasteiger partial charge is 0.255 e. The lowest BCUT2D eigenvalue weighted by Gasteiger charge is -2.34. The minimum absolute atomic E-state index is 0.0313. The maximum absolute atomic E-state index is 12.8. The number of nitrogens with zero attached hydrogens (tertiary/aromatic N) is 2. The van der Waals surface area contributed by atoms with E-state index >= 15 is 0 Å². The van der Waals surface area contributed by atoms with Crippen molar-refractivity contribution in [2.24, 2.45) is 0 Å². The highest BCUT2D eigenvalue weighted by Gasteiger charge is 2.25. The van der Waals surface area contributed by atoms with Gasteiger partial charge in [0, 0.05) is 32.7 Å². The fourth-order valence-electron chi connectivity index (χ4n) is 2.87. The Morgan fingerprint density at radius 2 is 1.96 bits per heavy atom. The number of carbonyl (C=O) groups excluding carboxylic acids is 1. The van der Waals surface area contributed by atoms with Crippen LogP contribution in [0.3, 0.4) is 0 Å². The van der Waals surface area contributed by atoms with Gasteiger partial charge in [-0.25, -0.2) is 13.1 Å². The summed E-state index contributed by atoms with van der Waals surface area (Å²) in [5.41, 5.74) is 1.50. The molecule has 1 aromatic heterocycles. The monoisotopic (exact) mass is 413 g/mol. The molecule has 1 fully saturated rings. The predicted molar refractivity (Wildman–Crippen MR) is 103 cm³/mol. The Hall–Kier alpha value is -1.45. The van der Waals surface area contributed by atoms with E-state index in [1.54, 1.807) is 16.2 Å². The number of carbonyl (C=O) groups is 1. The van der Waals surface area contributed by atoms with Crippen LogP contribution in [-0.4, -0.2) is 57.4 Å². The van der Waals surface area contributed by atoms with Gasteiger partial charge in [-0.15, -0.1) is 0 Å². The summed E-state index contributed by atoms with van der Waals surface area (Å²) >= 11 is 7.83. The molecule has 0 saturated carbocycles. The molecule has 26 heavy (non-hydrogen) atoms. The first-order valence-electron chi connectivity index (χ1n) is 8.16. The minimum atomic E-state index is -3.63. The molecular formula is C17H20ClN3O3S2. The van der Waals surface area contributed by atoms with Crippen LogP contribution in [0.15, 0.2) is 39.9 Å². The molecule has 0 radical (unpaired) electrons. The van der Waals surface area contributed by atoms with Crippen molar-refractivity contribution in [3.63, 3.8) is 0 Å². The number of halogens is 1. The van der Waals surface area contributed by atoms with Crippen LogP contribution in [0.4, 0.5) is 0 Å². The number of thiophene rings is 1. The number of piperazine rings is 1. The molecule has 6 nitrogen and oxygen atoms in total. The SMILES string of the molecule is CNS(=O)(=O)c1ccc(Cl)c(C(=O)N2CCN(Cc3ccsc3)CC2)c1. The first-order valence-corrected chi connectivity index (χ1v) is 11.0. The molecule has 0 aliphatic carbocycles. The zero-order chi connectivity index (χ0) is 18.7.